The Morgan fingerprint density at radius 2 is 2.15 bits per heavy atom. The number of aryl methyl sites for hydroxylation is 1. The molecule has 4 heteroatoms. The molecule has 0 heterocycles. The van der Waals surface area contributed by atoms with Crippen molar-refractivity contribution >= 4 is 11.6 Å². The Morgan fingerprint density at radius 3 is 2.80 bits per heavy atom. The number of benzene rings is 1. The molecule has 1 aromatic rings. The Kier molecular flexibility index (Phi) is 7.09. The molecule has 0 aromatic heterocycles. The summed E-state index contributed by atoms with van der Waals surface area (Å²) in [6.07, 6.45) is 2.18. The number of anilines is 1. The van der Waals surface area contributed by atoms with Gasteiger partial charge in [0.2, 0.25) is 5.91 Å². The van der Waals surface area contributed by atoms with Gasteiger partial charge in [0.1, 0.15) is 5.75 Å². The summed E-state index contributed by atoms with van der Waals surface area (Å²) < 4.78 is 5.78. The third kappa shape index (κ3) is 6.06. The summed E-state index contributed by atoms with van der Waals surface area (Å²) in [4.78, 5) is 11.7. The van der Waals surface area contributed by atoms with Gasteiger partial charge in [-0.2, -0.15) is 0 Å². The van der Waals surface area contributed by atoms with Crippen molar-refractivity contribution in [3.05, 3.63) is 23.8 Å². The molecule has 0 aliphatic rings. The Labute approximate surface area is 121 Å². The van der Waals surface area contributed by atoms with Crippen molar-refractivity contribution in [3.63, 3.8) is 0 Å². The highest BCUT2D eigenvalue weighted by molar-refractivity contribution is 5.90. The molecule has 0 aliphatic carbocycles. The smallest absolute Gasteiger partial charge is 0.224 e. The molecule has 1 aromatic carbocycles. The fourth-order valence-corrected chi connectivity index (χ4v) is 1.72. The van der Waals surface area contributed by atoms with E-state index in [0.717, 1.165) is 23.4 Å². The van der Waals surface area contributed by atoms with Crippen molar-refractivity contribution < 1.29 is 9.53 Å². The van der Waals surface area contributed by atoms with Gasteiger partial charge < -0.3 is 15.8 Å². The lowest BCUT2D eigenvalue weighted by Gasteiger charge is -2.12. The van der Waals surface area contributed by atoms with E-state index in [4.69, 9.17) is 10.5 Å². The number of carbonyl (C=O) groups is 1. The van der Waals surface area contributed by atoms with E-state index in [1.807, 2.05) is 25.1 Å². The standard InChI is InChI=1S/C16H26N2O2/c1-12(2)8-10-20-15-11-14(7-6-13(15)3)18-16(19)5-4-9-17/h6-7,11-12H,4-5,8-10,17H2,1-3H3,(H,18,19). The zero-order valence-corrected chi connectivity index (χ0v) is 12.7. The van der Waals surface area contributed by atoms with Crippen molar-refractivity contribution in [2.24, 2.45) is 11.7 Å². The van der Waals surface area contributed by atoms with Crippen LogP contribution in [0.5, 0.6) is 5.75 Å². The lowest BCUT2D eigenvalue weighted by atomic mass is 10.1. The normalized spacial score (nSPS) is 10.7. The van der Waals surface area contributed by atoms with E-state index in [9.17, 15) is 4.79 Å². The highest BCUT2D eigenvalue weighted by Gasteiger charge is 2.06. The Bertz CT molecular complexity index is 430. The average Bonchev–Trinajstić information content (AvgIpc) is 2.39. The summed E-state index contributed by atoms with van der Waals surface area (Å²) in [6.45, 7) is 7.58. The van der Waals surface area contributed by atoms with Gasteiger partial charge in [-0.05, 0) is 43.9 Å². The van der Waals surface area contributed by atoms with Crippen LogP contribution in [0.25, 0.3) is 0 Å². The molecule has 0 unspecified atom stereocenters. The van der Waals surface area contributed by atoms with E-state index in [0.29, 0.717) is 31.9 Å². The third-order valence-electron chi connectivity index (χ3n) is 3.03. The fourth-order valence-electron chi connectivity index (χ4n) is 1.72. The SMILES string of the molecule is Cc1ccc(NC(=O)CCCN)cc1OCCC(C)C. The van der Waals surface area contributed by atoms with Gasteiger partial charge in [0, 0.05) is 18.2 Å². The predicted octanol–water partition coefficient (Wildman–Crippen LogP) is 3.10. The summed E-state index contributed by atoms with van der Waals surface area (Å²) in [5, 5.41) is 2.87. The molecule has 0 fully saturated rings. The number of amides is 1. The van der Waals surface area contributed by atoms with E-state index in [-0.39, 0.29) is 5.91 Å². The fraction of sp³-hybridized carbons (Fsp3) is 0.562. The molecule has 3 N–H and O–H groups in total. The van der Waals surface area contributed by atoms with Crippen LogP contribution in [0.1, 0.15) is 38.7 Å². The molecule has 0 atom stereocenters. The van der Waals surface area contributed by atoms with E-state index < -0.39 is 0 Å². The minimum atomic E-state index is -0.00701. The average molecular weight is 278 g/mol. The lowest BCUT2D eigenvalue weighted by Crippen LogP contribution is -2.13. The van der Waals surface area contributed by atoms with Crippen LogP contribution in [0.4, 0.5) is 5.69 Å². The van der Waals surface area contributed by atoms with Crippen molar-refractivity contribution in [1.29, 1.82) is 0 Å². The second-order valence-corrected chi connectivity index (χ2v) is 5.45. The molecule has 112 valence electrons. The van der Waals surface area contributed by atoms with Gasteiger partial charge >= 0.3 is 0 Å². The Hall–Kier alpha value is -1.55. The van der Waals surface area contributed by atoms with E-state index >= 15 is 0 Å². The number of hydrogen-bond acceptors (Lipinski definition) is 3. The maximum atomic E-state index is 11.7. The van der Waals surface area contributed by atoms with Gasteiger partial charge in [-0.3, -0.25) is 4.79 Å². The van der Waals surface area contributed by atoms with Gasteiger partial charge in [0.05, 0.1) is 6.61 Å². The van der Waals surface area contributed by atoms with Crippen molar-refractivity contribution in [1.82, 2.24) is 0 Å². The molecule has 0 aliphatic heterocycles. The summed E-state index contributed by atoms with van der Waals surface area (Å²) >= 11 is 0. The number of rotatable bonds is 8. The van der Waals surface area contributed by atoms with E-state index in [1.54, 1.807) is 0 Å². The molecule has 0 saturated carbocycles. The lowest BCUT2D eigenvalue weighted by molar-refractivity contribution is -0.116. The minimum Gasteiger partial charge on any atom is -0.493 e. The number of hydrogen-bond donors (Lipinski definition) is 2. The molecule has 0 saturated heterocycles. The highest BCUT2D eigenvalue weighted by atomic mass is 16.5. The van der Waals surface area contributed by atoms with Crippen LogP contribution in [0, 0.1) is 12.8 Å². The van der Waals surface area contributed by atoms with E-state index in [1.165, 1.54) is 0 Å². The first kappa shape index (κ1) is 16.5. The predicted molar refractivity (Wildman–Crippen MR) is 83.0 cm³/mol. The largest absolute Gasteiger partial charge is 0.493 e. The third-order valence-corrected chi connectivity index (χ3v) is 3.03. The number of nitrogens with two attached hydrogens (primary N) is 1. The van der Waals surface area contributed by atoms with Crippen LogP contribution < -0.4 is 15.8 Å². The van der Waals surface area contributed by atoms with Crippen LogP contribution in [0.15, 0.2) is 18.2 Å². The highest BCUT2D eigenvalue weighted by Crippen LogP contribution is 2.23. The molecular formula is C16H26N2O2. The maximum absolute atomic E-state index is 11.7. The van der Waals surface area contributed by atoms with Crippen LogP contribution in [-0.2, 0) is 4.79 Å². The molecule has 0 radical (unpaired) electrons. The van der Waals surface area contributed by atoms with Gasteiger partial charge in [-0.15, -0.1) is 0 Å². The van der Waals surface area contributed by atoms with Crippen LogP contribution in [-0.4, -0.2) is 19.1 Å². The number of ether oxygens (including phenoxy) is 1. The number of nitrogens with one attached hydrogen (secondary N) is 1. The second-order valence-electron chi connectivity index (χ2n) is 5.45. The van der Waals surface area contributed by atoms with Crippen LogP contribution in [0.2, 0.25) is 0 Å². The second kappa shape index (κ2) is 8.59. The summed E-state index contributed by atoms with van der Waals surface area (Å²) in [5.74, 6) is 1.45. The first-order valence-electron chi connectivity index (χ1n) is 7.26. The summed E-state index contributed by atoms with van der Waals surface area (Å²) in [5.41, 5.74) is 7.25. The molecule has 20 heavy (non-hydrogen) atoms. The molecule has 1 rings (SSSR count). The molecule has 0 bridgehead atoms. The quantitative estimate of drug-likeness (QED) is 0.768. The molecular weight excluding hydrogens is 252 g/mol. The summed E-state index contributed by atoms with van der Waals surface area (Å²) in [7, 11) is 0. The van der Waals surface area contributed by atoms with E-state index in [2.05, 4.69) is 19.2 Å². The number of carbonyl (C=O) groups excluding carboxylic acids is 1. The van der Waals surface area contributed by atoms with Crippen molar-refractivity contribution in [3.8, 4) is 5.75 Å². The minimum absolute atomic E-state index is 0.00701. The van der Waals surface area contributed by atoms with Crippen LogP contribution >= 0.6 is 0 Å². The van der Waals surface area contributed by atoms with Crippen molar-refractivity contribution in [2.45, 2.75) is 40.0 Å². The zero-order chi connectivity index (χ0) is 15.0. The Balaban J connectivity index is 2.58. The molecule has 1 amide bonds. The van der Waals surface area contributed by atoms with Gasteiger partial charge in [-0.25, -0.2) is 0 Å². The van der Waals surface area contributed by atoms with Crippen LogP contribution in [0.3, 0.4) is 0 Å². The maximum Gasteiger partial charge on any atom is 0.224 e. The molecule has 0 spiro atoms. The van der Waals surface area contributed by atoms with Gasteiger partial charge in [0.25, 0.3) is 0 Å². The first-order valence-corrected chi connectivity index (χ1v) is 7.26. The van der Waals surface area contributed by atoms with Crippen molar-refractivity contribution in [2.75, 3.05) is 18.5 Å². The Morgan fingerprint density at radius 1 is 1.40 bits per heavy atom. The monoisotopic (exact) mass is 278 g/mol. The van der Waals surface area contributed by atoms with Gasteiger partial charge in [0.15, 0.2) is 0 Å². The molecule has 4 nitrogen and oxygen atoms in total. The zero-order valence-electron chi connectivity index (χ0n) is 12.7. The first-order chi connectivity index (χ1) is 9.52. The summed E-state index contributed by atoms with van der Waals surface area (Å²) in [6, 6.07) is 5.74. The van der Waals surface area contributed by atoms with Gasteiger partial charge in [-0.1, -0.05) is 19.9 Å². The topological polar surface area (TPSA) is 64.4 Å².